The summed E-state index contributed by atoms with van der Waals surface area (Å²) in [6, 6.07) is 20.2. The number of amides is 2. The first-order valence-corrected chi connectivity index (χ1v) is 9.57. The molecule has 0 unspecified atom stereocenters. The first-order valence-electron chi connectivity index (χ1n) is 9.57. The molecule has 0 saturated carbocycles. The van der Waals surface area contributed by atoms with E-state index in [9.17, 15) is 18.4 Å². The van der Waals surface area contributed by atoms with E-state index >= 15 is 0 Å². The van der Waals surface area contributed by atoms with E-state index in [2.05, 4.69) is 5.32 Å². The van der Waals surface area contributed by atoms with Crippen LogP contribution in [0.2, 0.25) is 0 Å². The zero-order chi connectivity index (χ0) is 21.3. The molecule has 0 fully saturated rings. The van der Waals surface area contributed by atoms with Crippen molar-refractivity contribution in [2.75, 3.05) is 5.32 Å². The summed E-state index contributed by atoms with van der Waals surface area (Å²) in [6.45, 7) is 1.80. The smallest absolute Gasteiger partial charge is 0.270 e. The fourth-order valence-electron chi connectivity index (χ4n) is 3.51. The van der Waals surface area contributed by atoms with Crippen molar-refractivity contribution in [3.63, 3.8) is 0 Å². The summed E-state index contributed by atoms with van der Waals surface area (Å²) < 4.78 is 26.7. The van der Waals surface area contributed by atoms with E-state index in [1.807, 2.05) is 30.3 Å². The molecule has 0 aromatic heterocycles. The fraction of sp³-hybridized carbons (Fsp3) is 0.167. The summed E-state index contributed by atoms with van der Waals surface area (Å²) in [6.07, 6.45) is 0. The Morgan fingerprint density at radius 3 is 2.40 bits per heavy atom. The Morgan fingerprint density at radius 2 is 1.73 bits per heavy atom. The normalized spacial score (nSPS) is 13.3. The highest BCUT2D eigenvalue weighted by Gasteiger charge is 2.28. The predicted molar refractivity (Wildman–Crippen MR) is 110 cm³/mol. The van der Waals surface area contributed by atoms with Crippen LogP contribution in [0.25, 0.3) is 0 Å². The average molecular weight is 406 g/mol. The standard InChI is InChI=1S/C24H20F2N2O2/c1-24(25,26)19-9-7-17(8-10-19)22(29)27-20-11-12-21-18(13-20)15-28(23(21)30)14-16-5-3-2-4-6-16/h2-13H,14-15H2,1H3,(H,27,29). The van der Waals surface area contributed by atoms with Crippen LogP contribution >= 0.6 is 0 Å². The van der Waals surface area contributed by atoms with Crippen LogP contribution in [0.3, 0.4) is 0 Å². The zero-order valence-electron chi connectivity index (χ0n) is 16.4. The van der Waals surface area contributed by atoms with Gasteiger partial charge >= 0.3 is 0 Å². The van der Waals surface area contributed by atoms with Crippen molar-refractivity contribution in [2.45, 2.75) is 25.9 Å². The van der Waals surface area contributed by atoms with Gasteiger partial charge in [0.25, 0.3) is 17.7 Å². The lowest BCUT2D eigenvalue weighted by Crippen LogP contribution is -2.23. The van der Waals surface area contributed by atoms with Crippen molar-refractivity contribution >= 4 is 17.5 Å². The molecule has 0 saturated heterocycles. The lowest BCUT2D eigenvalue weighted by molar-refractivity contribution is 0.0174. The first-order chi connectivity index (χ1) is 14.3. The van der Waals surface area contributed by atoms with Gasteiger partial charge in [-0.05, 0) is 41.5 Å². The number of nitrogens with one attached hydrogen (secondary N) is 1. The van der Waals surface area contributed by atoms with Crippen molar-refractivity contribution in [1.82, 2.24) is 4.90 Å². The molecule has 1 N–H and O–H groups in total. The van der Waals surface area contributed by atoms with Crippen LogP contribution in [0.15, 0.2) is 72.8 Å². The Balaban J connectivity index is 1.46. The molecule has 3 aromatic carbocycles. The van der Waals surface area contributed by atoms with Crippen LogP contribution in [0.5, 0.6) is 0 Å². The van der Waals surface area contributed by atoms with Gasteiger partial charge in [0, 0.05) is 42.4 Å². The molecule has 0 atom stereocenters. The van der Waals surface area contributed by atoms with Crippen molar-refractivity contribution < 1.29 is 18.4 Å². The number of anilines is 1. The molecule has 0 aliphatic carbocycles. The lowest BCUT2D eigenvalue weighted by Gasteiger charge is -2.15. The molecule has 3 aromatic rings. The van der Waals surface area contributed by atoms with Crippen LogP contribution < -0.4 is 5.32 Å². The monoisotopic (exact) mass is 406 g/mol. The highest BCUT2D eigenvalue weighted by Crippen LogP contribution is 2.28. The van der Waals surface area contributed by atoms with Gasteiger partial charge in [-0.3, -0.25) is 9.59 Å². The molecule has 152 valence electrons. The number of carbonyl (C=O) groups excluding carboxylic acids is 2. The van der Waals surface area contributed by atoms with Crippen LogP contribution in [0, 0.1) is 0 Å². The maximum Gasteiger partial charge on any atom is 0.270 e. The third kappa shape index (κ3) is 4.08. The predicted octanol–water partition coefficient (Wildman–Crippen LogP) is 5.21. The molecule has 6 heteroatoms. The molecule has 1 aliphatic heterocycles. The number of benzene rings is 3. The second kappa shape index (κ2) is 7.71. The molecule has 4 nitrogen and oxygen atoms in total. The Bertz CT molecular complexity index is 1090. The van der Waals surface area contributed by atoms with Gasteiger partial charge < -0.3 is 10.2 Å². The van der Waals surface area contributed by atoms with Crippen molar-refractivity contribution in [3.05, 3.63) is 101 Å². The quantitative estimate of drug-likeness (QED) is 0.633. The summed E-state index contributed by atoms with van der Waals surface area (Å²) in [5.74, 6) is -3.39. The SMILES string of the molecule is CC(F)(F)c1ccc(C(=O)Nc2ccc3c(c2)CN(Cc2ccccc2)C3=O)cc1. The summed E-state index contributed by atoms with van der Waals surface area (Å²) in [7, 11) is 0. The molecule has 1 aliphatic rings. The van der Waals surface area contributed by atoms with Crippen LogP contribution in [-0.4, -0.2) is 16.7 Å². The van der Waals surface area contributed by atoms with E-state index < -0.39 is 11.8 Å². The van der Waals surface area contributed by atoms with Gasteiger partial charge in [-0.2, -0.15) is 0 Å². The van der Waals surface area contributed by atoms with Gasteiger partial charge in [0.15, 0.2) is 0 Å². The van der Waals surface area contributed by atoms with Crippen molar-refractivity contribution in [3.8, 4) is 0 Å². The minimum atomic E-state index is -2.95. The molecule has 0 spiro atoms. The van der Waals surface area contributed by atoms with Crippen LogP contribution in [0.4, 0.5) is 14.5 Å². The van der Waals surface area contributed by atoms with Gasteiger partial charge in [0.1, 0.15) is 0 Å². The largest absolute Gasteiger partial charge is 0.330 e. The number of alkyl halides is 2. The van der Waals surface area contributed by atoms with Crippen molar-refractivity contribution in [1.29, 1.82) is 0 Å². The van der Waals surface area contributed by atoms with Crippen molar-refractivity contribution in [2.24, 2.45) is 0 Å². The molecule has 1 heterocycles. The number of carbonyl (C=O) groups is 2. The number of hydrogen-bond donors (Lipinski definition) is 1. The van der Waals surface area contributed by atoms with Gasteiger partial charge in [0.05, 0.1) is 0 Å². The summed E-state index contributed by atoms with van der Waals surface area (Å²) in [4.78, 5) is 26.9. The Hall–Kier alpha value is -3.54. The van der Waals surface area contributed by atoms with E-state index in [0.717, 1.165) is 18.1 Å². The Kier molecular flexibility index (Phi) is 5.08. The summed E-state index contributed by atoms with van der Waals surface area (Å²) in [5, 5.41) is 2.77. The molecular weight excluding hydrogens is 386 g/mol. The van der Waals surface area contributed by atoms with E-state index in [-0.39, 0.29) is 17.0 Å². The van der Waals surface area contributed by atoms with Gasteiger partial charge in [-0.1, -0.05) is 42.5 Å². The minimum Gasteiger partial charge on any atom is -0.330 e. The fourth-order valence-corrected chi connectivity index (χ4v) is 3.51. The van der Waals surface area contributed by atoms with Gasteiger partial charge in [-0.25, -0.2) is 8.78 Å². The average Bonchev–Trinajstić information content (AvgIpc) is 3.03. The van der Waals surface area contributed by atoms with E-state index in [1.165, 1.54) is 24.3 Å². The molecular formula is C24H20F2N2O2. The maximum atomic E-state index is 13.3. The lowest BCUT2D eigenvalue weighted by atomic mass is 10.1. The molecule has 2 amide bonds. The van der Waals surface area contributed by atoms with Gasteiger partial charge in [0.2, 0.25) is 0 Å². The number of hydrogen-bond acceptors (Lipinski definition) is 2. The van der Waals surface area contributed by atoms with Crippen LogP contribution in [0.1, 0.15) is 44.3 Å². The highest BCUT2D eigenvalue weighted by atomic mass is 19.3. The minimum absolute atomic E-state index is 0.0391. The first kappa shape index (κ1) is 19.8. The van der Waals surface area contributed by atoms with Crippen LogP contribution in [-0.2, 0) is 19.0 Å². The molecule has 0 radical (unpaired) electrons. The third-order valence-corrected chi connectivity index (χ3v) is 5.11. The Morgan fingerprint density at radius 1 is 1.03 bits per heavy atom. The van der Waals surface area contributed by atoms with E-state index in [0.29, 0.717) is 24.3 Å². The Labute approximate surface area is 173 Å². The molecule has 4 rings (SSSR count). The molecule has 30 heavy (non-hydrogen) atoms. The zero-order valence-corrected chi connectivity index (χ0v) is 16.4. The topological polar surface area (TPSA) is 49.4 Å². The number of rotatable bonds is 5. The number of halogens is 2. The second-order valence-corrected chi connectivity index (χ2v) is 7.44. The summed E-state index contributed by atoms with van der Waals surface area (Å²) >= 11 is 0. The van der Waals surface area contributed by atoms with E-state index in [1.54, 1.807) is 23.1 Å². The number of nitrogens with zero attached hydrogens (tertiary/aromatic N) is 1. The molecule has 0 bridgehead atoms. The number of fused-ring (bicyclic) bond motifs is 1. The third-order valence-electron chi connectivity index (χ3n) is 5.11. The summed E-state index contributed by atoms with van der Waals surface area (Å²) in [5.41, 5.74) is 3.21. The van der Waals surface area contributed by atoms with Gasteiger partial charge in [-0.15, -0.1) is 0 Å². The van der Waals surface area contributed by atoms with E-state index in [4.69, 9.17) is 0 Å². The second-order valence-electron chi connectivity index (χ2n) is 7.44. The highest BCUT2D eigenvalue weighted by molar-refractivity contribution is 6.05. The maximum absolute atomic E-state index is 13.3.